The first-order valence-corrected chi connectivity index (χ1v) is 9.22. The van der Waals surface area contributed by atoms with Crippen molar-refractivity contribution in [2.24, 2.45) is 0 Å². The summed E-state index contributed by atoms with van der Waals surface area (Å²) < 4.78 is 0. The van der Waals surface area contributed by atoms with Crippen molar-refractivity contribution in [1.82, 2.24) is 19.7 Å². The van der Waals surface area contributed by atoms with Gasteiger partial charge in [-0.25, -0.2) is 4.98 Å². The summed E-state index contributed by atoms with van der Waals surface area (Å²) in [5, 5.41) is 0. The second-order valence-corrected chi connectivity index (χ2v) is 7.13. The Kier molecular flexibility index (Phi) is 5.27. The van der Waals surface area contributed by atoms with E-state index in [1.165, 1.54) is 17.8 Å². The van der Waals surface area contributed by atoms with Crippen LogP contribution in [0.25, 0.3) is 0 Å². The van der Waals surface area contributed by atoms with Gasteiger partial charge >= 0.3 is 0 Å². The Hall–Kier alpha value is -1.47. The summed E-state index contributed by atoms with van der Waals surface area (Å²) in [6.45, 7) is 7.07. The van der Waals surface area contributed by atoms with Crippen molar-refractivity contribution >= 4 is 23.2 Å². The number of piperazine rings is 1. The molecule has 0 radical (unpaired) electrons. The van der Waals surface area contributed by atoms with Crippen LogP contribution in [0.5, 0.6) is 0 Å². The number of carbonyl (C=O) groups excluding carboxylic acids is 2. The summed E-state index contributed by atoms with van der Waals surface area (Å²) in [6.07, 6.45) is 3.49. The van der Waals surface area contributed by atoms with Crippen LogP contribution >= 0.6 is 11.3 Å². The number of piperidine rings is 1. The molecule has 0 spiro atoms. The number of aromatic nitrogens is 1. The van der Waals surface area contributed by atoms with Gasteiger partial charge in [0, 0.05) is 39.3 Å². The third-order valence-corrected chi connectivity index (χ3v) is 5.58. The second-order valence-electron chi connectivity index (χ2n) is 6.28. The lowest BCUT2D eigenvalue weighted by Gasteiger charge is -2.36. The molecule has 3 rings (SSSR count). The molecule has 0 aromatic carbocycles. The van der Waals surface area contributed by atoms with E-state index in [1.54, 1.807) is 5.51 Å². The molecule has 0 aliphatic carbocycles. The van der Waals surface area contributed by atoms with Gasteiger partial charge in [0.05, 0.1) is 17.7 Å². The minimum Gasteiger partial charge on any atom is -0.342 e. The van der Waals surface area contributed by atoms with Gasteiger partial charge in [-0.3, -0.25) is 14.5 Å². The van der Waals surface area contributed by atoms with Crippen molar-refractivity contribution in [3.63, 3.8) is 0 Å². The minimum atomic E-state index is 0.0759. The Morgan fingerprint density at radius 1 is 1.04 bits per heavy atom. The number of rotatable bonds is 3. The maximum Gasteiger partial charge on any atom is 0.265 e. The molecule has 23 heavy (non-hydrogen) atoms. The van der Waals surface area contributed by atoms with Gasteiger partial charge in [0.15, 0.2) is 0 Å². The number of carbonyl (C=O) groups is 2. The van der Waals surface area contributed by atoms with Crippen LogP contribution < -0.4 is 0 Å². The van der Waals surface area contributed by atoms with Crippen molar-refractivity contribution < 1.29 is 9.59 Å². The van der Waals surface area contributed by atoms with Gasteiger partial charge in [-0.1, -0.05) is 0 Å². The second kappa shape index (κ2) is 7.40. The average Bonchev–Trinajstić information content (AvgIpc) is 3.02. The van der Waals surface area contributed by atoms with Crippen LogP contribution in [0.2, 0.25) is 0 Å². The van der Waals surface area contributed by atoms with Gasteiger partial charge < -0.3 is 9.80 Å². The highest BCUT2D eigenvalue weighted by molar-refractivity contribution is 7.11. The fourth-order valence-corrected chi connectivity index (χ4v) is 3.96. The van der Waals surface area contributed by atoms with Crippen molar-refractivity contribution in [3.05, 3.63) is 16.1 Å². The van der Waals surface area contributed by atoms with E-state index in [0.29, 0.717) is 19.6 Å². The van der Waals surface area contributed by atoms with Gasteiger partial charge in [-0.05, 0) is 26.2 Å². The molecule has 6 nitrogen and oxygen atoms in total. The molecule has 0 saturated carbocycles. The molecule has 1 aromatic heterocycles. The molecule has 1 aromatic rings. The van der Waals surface area contributed by atoms with Gasteiger partial charge in [-0.15, -0.1) is 11.3 Å². The Morgan fingerprint density at radius 3 is 2.35 bits per heavy atom. The third-order valence-electron chi connectivity index (χ3n) is 4.67. The Bertz CT molecular complexity index is 560. The van der Waals surface area contributed by atoms with E-state index in [1.807, 2.05) is 16.7 Å². The molecule has 0 atom stereocenters. The zero-order valence-corrected chi connectivity index (χ0v) is 14.5. The van der Waals surface area contributed by atoms with E-state index in [0.717, 1.165) is 49.6 Å². The van der Waals surface area contributed by atoms with Gasteiger partial charge in [0.1, 0.15) is 4.88 Å². The predicted molar refractivity (Wildman–Crippen MR) is 89.6 cm³/mol. The maximum absolute atomic E-state index is 12.5. The number of aryl methyl sites for hydroxylation is 1. The van der Waals surface area contributed by atoms with Crippen molar-refractivity contribution in [2.75, 3.05) is 45.8 Å². The fourth-order valence-electron chi connectivity index (χ4n) is 3.19. The molecule has 126 valence electrons. The largest absolute Gasteiger partial charge is 0.342 e. The Morgan fingerprint density at radius 2 is 1.74 bits per heavy atom. The summed E-state index contributed by atoms with van der Waals surface area (Å²) >= 11 is 1.40. The van der Waals surface area contributed by atoms with Gasteiger partial charge in [0.25, 0.3) is 5.91 Å². The van der Waals surface area contributed by atoms with E-state index >= 15 is 0 Å². The molecule has 2 aliphatic rings. The highest BCUT2D eigenvalue weighted by Gasteiger charge is 2.26. The number of nitrogens with zero attached hydrogens (tertiary/aromatic N) is 4. The molecule has 2 aliphatic heterocycles. The monoisotopic (exact) mass is 336 g/mol. The maximum atomic E-state index is 12.5. The molecule has 2 amide bonds. The molecule has 0 bridgehead atoms. The lowest BCUT2D eigenvalue weighted by molar-refractivity contribution is -0.133. The Labute approximate surface area is 141 Å². The zero-order valence-electron chi connectivity index (χ0n) is 13.7. The van der Waals surface area contributed by atoms with E-state index in [9.17, 15) is 9.59 Å². The van der Waals surface area contributed by atoms with Crippen LogP contribution in [0.4, 0.5) is 0 Å². The molecular weight excluding hydrogens is 312 g/mol. The summed E-state index contributed by atoms with van der Waals surface area (Å²) in [7, 11) is 0. The summed E-state index contributed by atoms with van der Waals surface area (Å²) in [5.41, 5.74) is 2.53. The molecule has 2 fully saturated rings. The van der Waals surface area contributed by atoms with Crippen LogP contribution in [0.1, 0.15) is 34.6 Å². The molecule has 7 heteroatoms. The van der Waals surface area contributed by atoms with Crippen molar-refractivity contribution in [2.45, 2.75) is 26.2 Å². The average molecular weight is 336 g/mol. The van der Waals surface area contributed by atoms with Crippen LogP contribution in [-0.2, 0) is 4.79 Å². The van der Waals surface area contributed by atoms with E-state index < -0.39 is 0 Å². The lowest BCUT2D eigenvalue weighted by atomic mass is 10.1. The highest BCUT2D eigenvalue weighted by atomic mass is 32.1. The fraction of sp³-hybridized carbons (Fsp3) is 0.688. The normalized spacial score (nSPS) is 19.9. The Balaban J connectivity index is 1.47. The van der Waals surface area contributed by atoms with Crippen molar-refractivity contribution in [3.8, 4) is 0 Å². The molecular formula is C16H24N4O2S. The highest BCUT2D eigenvalue weighted by Crippen LogP contribution is 2.16. The van der Waals surface area contributed by atoms with Gasteiger partial charge in [0.2, 0.25) is 5.91 Å². The van der Waals surface area contributed by atoms with Crippen LogP contribution in [0.3, 0.4) is 0 Å². The third kappa shape index (κ3) is 3.90. The predicted octanol–water partition coefficient (Wildman–Crippen LogP) is 1.22. The minimum absolute atomic E-state index is 0.0759. The van der Waals surface area contributed by atoms with Crippen molar-refractivity contribution in [1.29, 1.82) is 0 Å². The number of hydrogen-bond donors (Lipinski definition) is 0. The van der Waals surface area contributed by atoms with E-state index in [4.69, 9.17) is 0 Å². The molecule has 3 heterocycles. The summed E-state index contributed by atoms with van der Waals surface area (Å²) in [5.74, 6) is 0.315. The van der Waals surface area contributed by atoms with Gasteiger partial charge in [-0.2, -0.15) is 0 Å². The summed E-state index contributed by atoms with van der Waals surface area (Å²) in [6, 6.07) is 0. The van der Waals surface area contributed by atoms with Crippen LogP contribution in [0.15, 0.2) is 5.51 Å². The molecule has 0 N–H and O–H groups in total. The standard InChI is InChI=1S/C16H24N4O2S/c1-13-15(23-12-17-13)16(22)20-9-7-18(8-10-20)11-14(21)19-5-3-2-4-6-19/h12H,2-11H2,1H3. The number of likely N-dealkylation sites (tertiary alicyclic amines) is 1. The quantitative estimate of drug-likeness (QED) is 0.833. The number of amides is 2. The SMILES string of the molecule is Cc1ncsc1C(=O)N1CCN(CC(=O)N2CCCCC2)CC1. The van der Waals surface area contributed by atoms with E-state index in [2.05, 4.69) is 9.88 Å². The molecule has 2 saturated heterocycles. The topological polar surface area (TPSA) is 56.8 Å². The summed E-state index contributed by atoms with van der Waals surface area (Å²) in [4.78, 5) is 35.7. The smallest absolute Gasteiger partial charge is 0.265 e. The number of thiazole rings is 1. The first-order valence-electron chi connectivity index (χ1n) is 8.34. The van der Waals surface area contributed by atoms with E-state index in [-0.39, 0.29) is 11.8 Å². The first kappa shape index (κ1) is 16.4. The first-order chi connectivity index (χ1) is 11.1. The number of hydrogen-bond acceptors (Lipinski definition) is 5. The van der Waals surface area contributed by atoms with Crippen LogP contribution in [-0.4, -0.2) is 77.3 Å². The van der Waals surface area contributed by atoms with Crippen LogP contribution in [0, 0.1) is 6.92 Å². The zero-order chi connectivity index (χ0) is 16.2. The molecule has 0 unspecified atom stereocenters. The lowest BCUT2D eigenvalue weighted by Crippen LogP contribution is -2.52.